The average Bonchev–Trinajstić information content (AvgIpc) is 3.17. The number of carbonyl (C=O) groups excluding carboxylic acids is 2. The van der Waals surface area contributed by atoms with Gasteiger partial charge in [0.25, 0.3) is 0 Å². The van der Waals surface area contributed by atoms with E-state index in [1.807, 2.05) is 25.3 Å². The summed E-state index contributed by atoms with van der Waals surface area (Å²) < 4.78 is 0. The smallest absolute Gasteiger partial charge is 0.248 e. The number of benzene rings is 1. The van der Waals surface area contributed by atoms with Crippen LogP contribution in [0.4, 0.5) is 5.95 Å². The number of rotatable bonds is 5. The molecule has 3 aromatic rings. The van der Waals surface area contributed by atoms with Gasteiger partial charge in [0.2, 0.25) is 17.8 Å². The van der Waals surface area contributed by atoms with E-state index < -0.39 is 5.91 Å². The quantitative estimate of drug-likeness (QED) is 0.616. The van der Waals surface area contributed by atoms with E-state index in [1.165, 1.54) is 5.56 Å². The summed E-state index contributed by atoms with van der Waals surface area (Å²) in [5, 5.41) is 3.82. The molecule has 29 heavy (non-hydrogen) atoms. The second kappa shape index (κ2) is 8.00. The van der Waals surface area contributed by atoms with Crippen LogP contribution in [0.25, 0.3) is 10.9 Å². The lowest BCUT2D eigenvalue weighted by Crippen LogP contribution is -2.45. The predicted octanol–water partition coefficient (Wildman–Crippen LogP) is 2.26. The van der Waals surface area contributed by atoms with E-state index in [-0.39, 0.29) is 11.9 Å². The third-order valence-corrected chi connectivity index (χ3v) is 5.70. The van der Waals surface area contributed by atoms with Crippen LogP contribution in [0, 0.1) is 0 Å². The molecular formula is C21H24N6O2. The van der Waals surface area contributed by atoms with Crippen molar-refractivity contribution in [1.29, 1.82) is 0 Å². The van der Waals surface area contributed by atoms with E-state index >= 15 is 0 Å². The average molecular weight is 392 g/mol. The molecule has 8 nitrogen and oxygen atoms in total. The number of hydrogen-bond acceptors (Lipinski definition) is 5. The third kappa shape index (κ3) is 3.97. The minimum absolute atomic E-state index is 0.104. The van der Waals surface area contributed by atoms with Crippen LogP contribution in [0.2, 0.25) is 0 Å². The highest BCUT2D eigenvalue weighted by Crippen LogP contribution is 2.34. The Balaban J connectivity index is 1.41. The zero-order chi connectivity index (χ0) is 20.4. The molecular weight excluding hydrogens is 368 g/mol. The fraction of sp³-hybridized carbons (Fsp3) is 0.333. The van der Waals surface area contributed by atoms with Crippen LogP contribution in [-0.2, 0) is 4.79 Å². The summed E-state index contributed by atoms with van der Waals surface area (Å²) in [5.41, 5.74) is 8.16. The second-order valence-electron chi connectivity index (χ2n) is 7.42. The van der Waals surface area contributed by atoms with Crippen molar-refractivity contribution in [3.8, 4) is 0 Å². The van der Waals surface area contributed by atoms with Gasteiger partial charge < -0.3 is 10.7 Å². The number of anilines is 1. The highest BCUT2D eigenvalue weighted by atomic mass is 16.2. The Kier molecular flexibility index (Phi) is 5.26. The van der Waals surface area contributed by atoms with Gasteiger partial charge in [-0.1, -0.05) is 0 Å². The molecule has 1 saturated heterocycles. The molecule has 8 heteroatoms. The topological polar surface area (TPSA) is 117 Å². The van der Waals surface area contributed by atoms with Crippen molar-refractivity contribution < 1.29 is 9.59 Å². The van der Waals surface area contributed by atoms with Gasteiger partial charge in [0.05, 0.1) is 6.04 Å². The van der Waals surface area contributed by atoms with E-state index in [4.69, 9.17) is 5.73 Å². The molecule has 0 radical (unpaired) electrons. The number of amides is 2. The Hall–Kier alpha value is -3.26. The number of aromatic amines is 1. The lowest BCUT2D eigenvalue weighted by molar-refractivity contribution is -0.121. The molecule has 0 spiro atoms. The third-order valence-electron chi connectivity index (χ3n) is 5.70. The van der Waals surface area contributed by atoms with Crippen LogP contribution in [0.1, 0.15) is 41.6 Å². The zero-order valence-electron chi connectivity index (χ0n) is 16.3. The van der Waals surface area contributed by atoms with Crippen molar-refractivity contribution in [3.63, 3.8) is 0 Å². The number of aromatic nitrogens is 3. The normalized spacial score (nSPS) is 16.6. The van der Waals surface area contributed by atoms with Gasteiger partial charge in [0.1, 0.15) is 0 Å². The Bertz CT molecular complexity index is 1020. The number of fused-ring (bicyclic) bond motifs is 1. The van der Waals surface area contributed by atoms with E-state index in [2.05, 4.69) is 25.2 Å². The standard InChI is InChI=1S/C21H24N6O2/c1-13(20(29)26-21-23-7-2-8-24-21)27-9-5-14(6-10-27)17-12-25-18-4-3-15(19(22)28)11-16(17)18/h2-4,7-8,11-14,25H,5-6,9-10H2,1H3,(H2,22,28)(H,23,24,26,29)/t13-/m1/s1. The van der Waals surface area contributed by atoms with Crippen LogP contribution < -0.4 is 11.1 Å². The molecule has 1 aromatic carbocycles. The monoisotopic (exact) mass is 392 g/mol. The van der Waals surface area contributed by atoms with E-state index in [0.29, 0.717) is 17.4 Å². The first-order valence-corrected chi connectivity index (χ1v) is 9.75. The summed E-state index contributed by atoms with van der Waals surface area (Å²) in [4.78, 5) is 37.6. The molecule has 4 rings (SSSR count). The number of piperidine rings is 1. The summed E-state index contributed by atoms with van der Waals surface area (Å²) in [6, 6.07) is 6.95. The minimum Gasteiger partial charge on any atom is -0.366 e. The number of carbonyl (C=O) groups is 2. The maximum absolute atomic E-state index is 12.5. The molecule has 3 heterocycles. The van der Waals surface area contributed by atoms with Crippen LogP contribution in [-0.4, -0.2) is 50.8 Å². The summed E-state index contributed by atoms with van der Waals surface area (Å²) in [6.07, 6.45) is 7.10. The number of hydrogen-bond donors (Lipinski definition) is 3. The number of likely N-dealkylation sites (tertiary alicyclic amines) is 1. The lowest BCUT2D eigenvalue weighted by atomic mass is 9.88. The molecule has 0 aliphatic carbocycles. The van der Waals surface area contributed by atoms with Gasteiger partial charge in [-0.15, -0.1) is 0 Å². The molecule has 0 bridgehead atoms. The largest absolute Gasteiger partial charge is 0.366 e. The Morgan fingerprint density at radius 2 is 1.97 bits per heavy atom. The minimum atomic E-state index is -0.420. The zero-order valence-corrected chi connectivity index (χ0v) is 16.3. The van der Waals surface area contributed by atoms with Crippen LogP contribution in [0.5, 0.6) is 0 Å². The maximum atomic E-state index is 12.5. The maximum Gasteiger partial charge on any atom is 0.248 e. The van der Waals surface area contributed by atoms with Crippen LogP contribution in [0.3, 0.4) is 0 Å². The van der Waals surface area contributed by atoms with E-state index in [0.717, 1.165) is 36.8 Å². The van der Waals surface area contributed by atoms with Gasteiger partial charge in [-0.2, -0.15) is 0 Å². The number of nitrogens with zero attached hydrogens (tertiary/aromatic N) is 3. The first-order valence-electron chi connectivity index (χ1n) is 9.75. The molecule has 0 saturated carbocycles. The predicted molar refractivity (Wildman–Crippen MR) is 110 cm³/mol. The molecule has 1 fully saturated rings. The van der Waals surface area contributed by atoms with Gasteiger partial charge in [-0.05, 0) is 68.6 Å². The molecule has 0 unspecified atom stereocenters. The summed E-state index contributed by atoms with van der Waals surface area (Å²) in [6.45, 7) is 3.54. The fourth-order valence-corrected chi connectivity index (χ4v) is 3.98. The van der Waals surface area contributed by atoms with Crippen LogP contribution in [0.15, 0.2) is 42.9 Å². The summed E-state index contributed by atoms with van der Waals surface area (Å²) in [5.74, 6) is 0.170. The first kappa shape index (κ1) is 19.1. The summed E-state index contributed by atoms with van der Waals surface area (Å²) in [7, 11) is 0. The van der Waals surface area contributed by atoms with E-state index in [1.54, 1.807) is 24.5 Å². The molecule has 2 amide bonds. The number of nitrogens with one attached hydrogen (secondary N) is 2. The summed E-state index contributed by atoms with van der Waals surface area (Å²) >= 11 is 0. The highest BCUT2D eigenvalue weighted by Gasteiger charge is 2.28. The molecule has 2 aromatic heterocycles. The van der Waals surface area contributed by atoms with Gasteiger partial charge >= 0.3 is 0 Å². The van der Waals surface area contributed by atoms with Gasteiger partial charge in [0.15, 0.2) is 0 Å². The van der Waals surface area contributed by atoms with Crippen molar-refractivity contribution in [2.24, 2.45) is 5.73 Å². The molecule has 150 valence electrons. The van der Waals surface area contributed by atoms with Gasteiger partial charge in [0, 0.05) is 35.1 Å². The highest BCUT2D eigenvalue weighted by molar-refractivity contribution is 5.98. The molecule has 1 aliphatic heterocycles. The Morgan fingerprint density at radius 3 is 2.66 bits per heavy atom. The van der Waals surface area contributed by atoms with Gasteiger partial charge in [-0.3, -0.25) is 19.8 Å². The SMILES string of the molecule is C[C@H](C(=O)Nc1ncccn1)N1CCC(c2c[nH]c3ccc(C(N)=O)cc23)CC1. The van der Waals surface area contributed by atoms with Crippen molar-refractivity contribution in [3.05, 3.63) is 54.0 Å². The molecule has 1 aliphatic rings. The second-order valence-corrected chi connectivity index (χ2v) is 7.42. The fourth-order valence-electron chi connectivity index (χ4n) is 3.98. The van der Waals surface area contributed by atoms with Crippen molar-refractivity contribution in [2.45, 2.75) is 31.7 Å². The number of H-pyrrole nitrogens is 1. The number of nitrogens with two attached hydrogens (primary N) is 1. The van der Waals surface area contributed by atoms with Crippen molar-refractivity contribution in [2.75, 3.05) is 18.4 Å². The molecule has 4 N–H and O–H groups in total. The lowest BCUT2D eigenvalue weighted by Gasteiger charge is -2.35. The molecule has 1 atom stereocenters. The number of primary amides is 1. The van der Waals surface area contributed by atoms with Crippen LogP contribution >= 0.6 is 0 Å². The van der Waals surface area contributed by atoms with E-state index in [9.17, 15) is 9.59 Å². The van der Waals surface area contributed by atoms with Gasteiger partial charge in [-0.25, -0.2) is 9.97 Å². The Labute approximate surface area is 168 Å². The van der Waals surface area contributed by atoms with Crippen molar-refractivity contribution in [1.82, 2.24) is 19.9 Å². The van der Waals surface area contributed by atoms with Crippen molar-refractivity contribution >= 4 is 28.7 Å². The Morgan fingerprint density at radius 1 is 1.24 bits per heavy atom. The first-order chi connectivity index (χ1) is 14.0.